The lowest BCUT2D eigenvalue weighted by atomic mass is 10.0. The number of hydrogen-bond acceptors (Lipinski definition) is 23. The van der Waals surface area contributed by atoms with Gasteiger partial charge in [-0.1, -0.05) is 0 Å². The van der Waals surface area contributed by atoms with Crippen LogP contribution >= 0.6 is 0 Å². The predicted octanol–water partition coefficient (Wildman–Crippen LogP) is -8.08. The molecule has 474 valence electrons. The van der Waals surface area contributed by atoms with Crippen molar-refractivity contribution >= 4 is 59.9 Å². The lowest BCUT2D eigenvalue weighted by molar-refractivity contribution is -0.144. The summed E-state index contributed by atoms with van der Waals surface area (Å²) in [7, 11) is 6.60. The van der Waals surface area contributed by atoms with E-state index >= 15 is 0 Å². The zero-order valence-corrected chi connectivity index (χ0v) is 48.4. The third-order valence-electron chi connectivity index (χ3n) is 11.7. The minimum atomic E-state index is -1.68. The molecule has 0 aromatic rings. The molecule has 0 heterocycles. The molecule has 33 heteroatoms. The fourth-order valence-electron chi connectivity index (χ4n) is 6.99. The summed E-state index contributed by atoms with van der Waals surface area (Å²) in [4.78, 5) is 132. The summed E-state index contributed by atoms with van der Waals surface area (Å²) in [5, 5.41) is 91.7. The number of ether oxygens (including phenoxy) is 4. The molecule has 0 saturated carbocycles. The van der Waals surface area contributed by atoms with Gasteiger partial charge in [0.05, 0.1) is 90.1 Å². The van der Waals surface area contributed by atoms with E-state index in [-0.39, 0.29) is 111 Å². The Labute approximate surface area is 477 Å². The van der Waals surface area contributed by atoms with Gasteiger partial charge in [0.1, 0.15) is 30.5 Å². The van der Waals surface area contributed by atoms with E-state index in [1.807, 2.05) is 0 Å². The summed E-state index contributed by atoms with van der Waals surface area (Å²) in [6, 6.07) is -1.24. The Hall–Kier alpha value is -6.14. The van der Waals surface area contributed by atoms with E-state index in [4.69, 9.17) is 29.2 Å². The van der Waals surface area contributed by atoms with Gasteiger partial charge in [0.15, 0.2) is 0 Å². The van der Waals surface area contributed by atoms with Crippen LogP contribution < -0.4 is 26.6 Å². The lowest BCUT2D eigenvalue weighted by Crippen LogP contribution is -2.53. The first-order valence-electron chi connectivity index (χ1n) is 26.5. The molecule has 10 amide bonds. The summed E-state index contributed by atoms with van der Waals surface area (Å²) in [6.07, 6.45) is -11.0. The number of aliphatic hydroxyl groups is 8. The molecule has 0 saturated heterocycles. The van der Waals surface area contributed by atoms with Crippen LogP contribution in [0.15, 0.2) is 0 Å². The number of nitrogens with one attached hydrogen (secondary N) is 5. The van der Waals surface area contributed by atoms with Crippen molar-refractivity contribution < 1.29 is 108 Å². The average Bonchev–Trinajstić information content (AvgIpc) is 3.41. The molecule has 13 N–H and O–H groups in total. The summed E-state index contributed by atoms with van der Waals surface area (Å²) in [6.45, 7) is 0.773. The molecular weight excluding hydrogens is 1090 g/mol. The van der Waals surface area contributed by atoms with Crippen LogP contribution in [0.5, 0.6) is 0 Å². The van der Waals surface area contributed by atoms with E-state index in [1.165, 1.54) is 40.1 Å². The zero-order valence-electron chi connectivity index (χ0n) is 48.4. The molecule has 0 aromatic heterocycles. The molecule has 0 aliphatic rings. The highest BCUT2D eigenvalue weighted by molar-refractivity contribution is 5.93. The third kappa shape index (κ3) is 34.3. The molecule has 7 unspecified atom stereocenters. The molecule has 0 fully saturated rings. The smallest absolute Gasteiger partial charge is 0.407 e. The first-order valence-corrected chi connectivity index (χ1v) is 26.5. The van der Waals surface area contributed by atoms with E-state index in [1.54, 1.807) is 20.8 Å². The van der Waals surface area contributed by atoms with Gasteiger partial charge in [0.25, 0.3) is 0 Å². The largest absolute Gasteiger partial charge is 0.447 e. The van der Waals surface area contributed by atoms with Gasteiger partial charge in [-0.25, -0.2) is 9.59 Å². The topological polar surface area (TPSA) is 449 Å². The number of hydrogen-bond donors (Lipinski definition) is 13. The monoisotopic (exact) mass is 1190 g/mol. The van der Waals surface area contributed by atoms with Crippen LogP contribution in [-0.2, 0) is 57.3 Å². The summed E-state index contributed by atoms with van der Waals surface area (Å²) in [5.74, 6) is -4.46. The van der Waals surface area contributed by atoms with Gasteiger partial charge < -0.3 is 111 Å². The van der Waals surface area contributed by atoms with Crippen LogP contribution in [0.3, 0.4) is 0 Å². The summed E-state index contributed by atoms with van der Waals surface area (Å²) < 4.78 is 21.1. The maximum atomic E-state index is 13.7. The van der Waals surface area contributed by atoms with Gasteiger partial charge >= 0.3 is 12.2 Å². The fraction of sp³-hybridized carbons (Fsp3) is 0.796. The summed E-state index contributed by atoms with van der Waals surface area (Å²) in [5.41, 5.74) is -0.771. The van der Waals surface area contributed by atoms with Crippen molar-refractivity contribution in [1.82, 2.24) is 56.0 Å². The van der Waals surface area contributed by atoms with Gasteiger partial charge in [-0.05, 0) is 46.5 Å². The number of nitrogens with zero attached hydrogens (tertiary/aromatic N) is 6. The third-order valence-corrected chi connectivity index (χ3v) is 11.7. The number of amides is 10. The Bertz CT molecular complexity index is 1930. The second-order valence-corrected chi connectivity index (χ2v) is 20.1. The highest BCUT2D eigenvalue weighted by Crippen LogP contribution is 2.11. The SMILES string of the molecule is CN(CC(=O)NCCOCCOCCOC(=O)NCCN(CC(O)C(O)C(O)CCO)CC(O)C(O)C(O)CCO)C(=O)CN(C)C(=O)CN(C)C(=O)C(CCCNC(=O)OC(C)(C)C)NC(=O)CN(C)C(=O)CN(C)C(=O)CNC=O. The van der Waals surface area contributed by atoms with Crippen LogP contribution in [0, 0.1) is 0 Å². The molecule has 0 rings (SSSR count). The second kappa shape index (κ2) is 41.8. The van der Waals surface area contributed by atoms with E-state index in [0.29, 0.717) is 6.41 Å². The molecule has 0 bridgehead atoms. The molecule has 0 aromatic carbocycles. The molecule has 0 radical (unpaired) electrons. The Balaban J connectivity index is 4.94. The van der Waals surface area contributed by atoms with Gasteiger partial charge in [-0.3, -0.25) is 43.3 Å². The molecule has 0 aliphatic carbocycles. The molecular formula is C49H91N11O22. The van der Waals surface area contributed by atoms with Crippen molar-refractivity contribution in [3.8, 4) is 0 Å². The van der Waals surface area contributed by atoms with Crippen molar-refractivity contribution in [3.63, 3.8) is 0 Å². The number of likely N-dealkylation sites (N-methyl/N-ethyl adjacent to an activating group) is 5. The van der Waals surface area contributed by atoms with Crippen LogP contribution in [0.4, 0.5) is 9.59 Å². The number of carbonyl (C=O) groups excluding carboxylic acids is 10. The predicted molar refractivity (Wildman–Crippen MR) is 288 cm³/mol. The Morgan fingerprint density at radius 1 is 0.524 bits per heavy atom. The number of alkyl carbamates (subject to hydrolysis) is 2. The quantitative estimate of drug-likeness (QED) is 0.0199. The van der Waals surface area contributed by atoms with Crippen molar-refractivity contribution in [1.29, 1.82) is 0 Å². The minimum Gasteiger partial charge on any atom is -0.447 e. The maximum Gasteiger partial charge on any atom is 0.407 e. The number of carbonyl (C=O) groups is 10. The highest BCUT2D eigenvalue weighted by atomic mass is 16.6. The fourth-order valence-corrected chi connectivity index (χ4v) is 6.99. The number of rotatable bonds is 43. The lowest BCUT2D eigenvalue weighted by Gasteiger charge is -2.32. The van der Waals surface area contributed by atoms with Gasteiger partial charge in [-0.2, -0.15) is 0 Å². The molecule has 82 heavy (non-hydrogen) atoms. The molecule has 7 atom stereocenters. The van der Waals surface area contributed by atoms with Crippen LogP contribution in [0.1, 0.15) is 46.5 Å². The average molecular weight is 1190 g/mol. The second-order valence-electron chi connectivity index (χ2n) is 20.1. The first kappa shape index (κ1) is 75.9. The Kier molecular flexibility index (Phi) is 38.7. The van der Waals surface area contributed by atoms with E-state index < -0.39 is 141 Å². The molecule has 0 aliphatic heterocycles. The zero-order chi connectivity index (χ0) is 62.5. The van der Waals surface area contributed by atoms with E-state index in [9.17, 15) is 78.6 Å². The molecule has 33 nitrogen and oxygen atoms in total. The standard InChI is InChI=1S/C49H91N11O22/c1-49(2,3)82-48(78)52-13-9-10-33(54-39(69)28-56(5)41(71)29-57(6)40(70)24-50-32-63)46(76)59(8)31-43(73)58(7)30-42(72)55(4)27-38(68)51-15-19-79-20-21-80-22-23-81-47(77)53-14-16-60(25-36(66)44(74)34(64)11-17-61)26-37(67)45(75)35(65)12-18-62/h32-37,44-45,61-62,64-67,74-75H,9-31H2,1-8H3,(H,50,63)(H,51,68)(H,52,78)(H,53,77)(H,54,69). The Morgan fingerprint density at radius 2 is 0.988 bits per heavy atom. The van der Waals surface area contributed by atoms with Crippen LogP contribution in [-0.4, -0.2) is 338 Å². The van der Waals surface area contributed by atoms with Gasteiger partial charge in [-0.15, -0.1) is 0 Å². The van der Waals surface area contributed by atoms with Gasteiger partial charge in [0.2, 0.25) is 47.8 Å². The number of aliphatic hydroxyl groups excluding tert-OH is 8. The normalized spacial score (nSPS) is 13.9. The van der Waals surface area contributed by atoms with Crippen molar-refractivity contribution in [2.24, 2.45) is 0 Å². The van der Waals surface area contributed by atoms with Gasteiger partial charge in [0, 0.05) is 87.7 Å². The Morgan fingerprint density at radius 3 is 1.50 bits per heavy atom. The van der Waals surface area contributed by atoms with E-state index in [2.05, 4.69) is 26.6 Å². The minimum absolute atomic E-state index is 0.0189. The van der Waals surface area contributed by atoms with E-state index in [0.717, 1.165) is 24.5 Å². The van der Waals surface area contributed by atoms with Crippen LogP contribution in [0.25, 0.3) is 0 Å². The van der Waals surface area contributed by atoms with Crippen molar-refractivity contribution in [2.75, 3.05) is 160 Å². The van der Waals surface area contributed by atoms with Crippen LogP contribution in [0.2, 0.25) is 0 Å². The van der Waals surface area contributed by atoms with Crippen molar-refractivity contribution in [3.05, 3.63) is 0 Å². The van der Waals surface area contributed by atoms with Crippen molar-refractivity contribution in [2.45, 2.75) is 94.7 Å². The summed E-state index contributed by atoms with van der Waals surface area (Å²) >= 11 is 0. The first-order chi connectivity index (χ1) is 38.5. The highest BCUT2D eigenvalue weighted by Gasteiger charge is 2.31. The maximum absolute atomic E-state index is 13.7. The molecule has 0 spiro atoms.